The van der Waals surface area contributed by atoms with Gasteiger partial charge < -0.3 is 9.32 Å². The van der Waals surface area contributed by atoms with E-state index in [1.54, 1.807) is 18.2 Å². The summed E-state index contributed by atoms with van der Waals surface area (Å²) in [6.07, 6.45) is 6.21. The van der Waals surface area contributed by atoms with Crippen molar-refractivity contribution in [1.82, 2.24) is 19.7 Å². The molecule has 1 amide bonds. The zero-order valence-electron chi connectivity index (χ0n) is 18.5. The Hall–Kier alpha value is -3.05. The number of rotatable bonds is 7. The van der Waals surface area contributed by atoms with Crippen molar-refractivity contribution >= 4 is 17.7 Å². The van der Waals surface area contributed by atoms with Gasteiger partial charge in [-0.2, -0.15) is 5.26 Å². The lowest BCUT2D eigenvalue weighted by atomic mass is 9.81. The molecule has 2 aromatic heterocycles. The van der Waals surface area contributed by atoms with Crippen LogP contribution >= 0.6 is 11.8 Å². The number of benzene rings is 1. The average molecular weight is 450 g/mol. The summed E-state index contributed by atoms with van der Waals surface area (Å²) < 4.78 is 7.49. The van der Waals surface area contributed by atoms with Crippen LogP contribution in [0.5, 0.6) is 0 Å². The summed E-state index contributed by atoms with van der Waals surface area (Å²) in [6.45, 7) is 2.48. The minimum Gasteiger partial charge on any atom is -0.469 e. The third-order valence-electron chi connectivity index (χ3n) is 6.23. The maximum Gasteiger partial charge on any atom is 0.234 e. The van der Waals surface area contributed by atoms with Gasteiger partial charge in [-0.15, -0.1) is 10.2 Å². The highest BCUT2D eigenvalue weighted by Gasteiger charge is 2.38. The van der Waals surface area contributed by atoms with Crippen molar-refractivity contribution in [1.29, 1.82) is 5.26 Å². The molecule has 1 aromatic carbocycles. The number of aryl methyl sites for hydroxylation is 1. The Morgan fingerprint density at radius 1 is 1.22 bits per heavy atom. The van der Waals surface area contributed by atoms with Crippen LogP contribution in [0.4, 0.5) is 0 Å². The number of aromatic nitrogens is 3. The quantitative estimate of drug-likeness (QED) is 0.487. The number of carbonyl (C=O) groups excluding carboxylic acids is 1. The molecule has 0 radical (unpaired) electrons. The lowest BCUT2D eigenvalue weighted by molar-refractivity contribution is -0.131. The number of nitrogens with zero attached hydrogens (tertiary/aromatic N) is 5. The second-order valence-corrected chi connectivity index (χ2v) is 9.16. The van der Waals surface area contributed by atoms with Gasteiger partial charge in [0.25, 0.3) is 0 Å². The highest BCUT2D eigenvalue weighted by molar-refractivity contribution is 7.99. The molecule has 0 spiro atoms. The zero-order chi connectivity index (χ0) is 22.6. The van der Waals surface area contributed by atoms with Crippen LogP contribution in [0, 0.1) is 18.3 Å². The second kappa shape index (κ2) is 9.61. The van der Waals surface area contributed by atoms with Gasteiger partial charge in [-0.05, 0) is 31.4 Å². The van der Waals surface area contributed by atoms with E-state index in [2.05, 4.69) is 28.4 Å². The summed E-state index contributed by atoms with van der Waals surface area (Å²) >= 11 is 1.36. The molecule has 1 aliphatic carbocycles. The maximum atomic E-state index is 13.0. The number of furan rings is 1. The summed E-state index contributed by atoms with van der Waals surface area (Å²) in [5.41, 5.74) is 1.31. The van der Waals surface area contributed by atoms with E-state index in [-0.39, 0.29) is 11.7 Å². The molecular formula is C24H27N5O2S. The van der Waals surface area contributed by atoms with E-state index >= 15 is 0 Å². The molecule has 7 nitrogen and oxygen atoms in total. The van der Waals surface area contributed by atoms with Crippen molar-refractivity contribution in [3.63, 3.8) is 0 Å². The molecule has 32 heavy (non-hydrogen) atoms. The SMILES string of the molecule is Cc1occc1-c1nnc(SCC(=O)N(C)C2(C#N)CCCCC2)n1Cc1ccccc1. The number of hydrogen-bond donors (Lipinski definition) is 0. The summed E-state index contributed by atoms with van der Waals surface area (Å²) in [7, 11) is 1.76. The minimum atomic E-state index is -0.688. The van der Waals surface area contributed by atoms with Gasteiger partial charge in [0, 0.05) is 7.05 Å². The molecule has 1 fully saturated rings. The molecule has 0 atom stereocenters. The zero-order valence-corrected chi connectivity index (χ0v) is 19.3. The topological polar surface area (TPSA) is 88.0 Å². The summed E-state index contributed by atoms with van der Waals surface area (Å²) in [5.74, 6) is 1.63. The first-order valence-corrected chi connectivity index (χ1v) is 11.8. The van der Waals surface area contributed by atoms with Crippen LogP contribution in [0.2, 0.25) is 0 Å². The molecule has 0 unspecified atom stereocenters. The molecule has 0 N–H and O–H groups in total. The van der Waals surface area contributed by atoms with Crippen LogP contribution in [0.15, 0.2) is 52.2 Å². The van der Waals surface area contributed by atoms with E-state index in [0.717, 1.165) is 49.0 Å². The molecule has 166 valence electrons. The predicted octanol–water partition coefficient (Wildman–Crippen LogP) is 4.67. The van der Waals surface area contributed by atoms with Gasteiger partial charge in [0.1, 0.15) is 11.3 Å². The summed E-state index contributed by atoms with van der Waals surface area (Å²) in [5, 5.41) is 19.3. The van der Waals surface area contributed by atoms with Crippen LogP contribution in [-0.4, -0.2) is 43.9 Å². The third-order valence-corrected chi connectivity index (χ3v) is 7.18. The van der Waals surface area contributed by atoms with Gasteiger partial charge in [0.15, 0.2) is 11.0 Å². The molecule has 0 bridgehead atoms. The molecule has 1 aliphatic rings. The van der Waals surface area contributed by atoms with Gasteiger partial charge in [0.05, 0.1) is 30.2 Å². The van der Waals surface area contributed by atoms with E-state index in [1.165, 1.54) is 11.8 Å². The Labute approximate surface area is 192 Å². The molecular weight excluding hydrogens is 422 g/mol. The number of amides is 1. The number of thioether (sulfide) groups is 1. The van der Waals surface area contributed by atoms with Crippen LogP contribution in [0.3, 0.4) is 0 Å². The monoisotopic (exact) mass is 449 g/mol. The van der Waals surface area contributed by atoms with Crippen molar-refractivity contribution in [2.75, 3.05) is 12.8 Å². The van der Waals surface area contributed by atoms with Crippen molar-refractivity contribution in [2.24, 2.45) is 0 Å². The Morgan fingerprint density at radius 3 is 2.62 bits per heavy atom. The Balaban J connectivity index is 1.55. The Morgan fingerprint density at radius 2 is 1.97 bits per heavy atom. The van der Waals surface area contributed by atoms with E-state index in [1.807, 2.05) is 35.8 Å². The van der Waals surface area contributed by atoms with Gasteiger partial charge in [0.2, 0.25) is 5.91 Å². The first kappa shape index (κ1) is 22.2. The van der Waals surface area contributed by atoms with Gasteiger partial charge in [-0.3, -0.25) is 9.36 Å². The van der Waals surface area contributed by atoms with Crippen molar-refractivity contribution in [3.05, 3.63) is 54.0 Å². The standard InChI is InChI=1S/C24H27N5O2S/c1-18-20(11-14-31-18)22-26-27-23(29(22)15-19-9-5-3-6-10-19)32-16-21(30)28(2)24(17-25)12-7-4-8-13-24/h3,5-6,9-11,14H,4,7-8,12-13,15-16H2,1-2H3. The molecule has 8 heteroatoms. The van der Waals surface area contributed by atoms with Crippen LogP contribution in [-0.2, 0) is 11.3 Å². The van der Waals surface area contributed by atoms with Gasteiger partial charge in [-0.1, -0.05) is 61.4 Å². The van der Waals surface area contributed by atoms with E-state index in [0.29, 0.717) is 17.5 Å². The minimum absolute atomic E-state index is 0.0613. The summed E-state index contributed by atoms with van der Waals surface area (Å²) in [4.78, 5) is 14.7. The maximum absolute atomic E-state index is 13.0. The molecule has 0 aliphatic heterocycles. The van der Waals surface area contributed by atoms with E-state index < -0.39 is 5.54 Å². The number of hydrogen-bond acceptors (Lipinski definition) is 6. The molecule has 2 heterocycles. The largest absolute Gasteiger partial charge is 0.469 e. The lowest BCUT2D eigenvalue weighted by Gasteiger charge is -2.39. The summed E-state index contributed by atoms with van der Waals surface area (Å²) in [6, 6.07) is 14.4. The highest BCUT2D eigenvalue weighted by atomic mass is 32.2. The first-order valence-electron chi connectivity index (χ1n) is 10.9. The van der Waals surface area contributed by atoms with Crippen molar-refractivity contribution < 1.29 is 9.21 Å². The van der Waals surface area contributed by atoms with Crippen molar-refractivity contribution in [2.45, 2.75) is 56.3 Å². The second-order valence-electron chi connectivity index (χ2n) is 8.21. The van der Waals surface area contributed by atoms with E-state index in [9.17, 15) is 10.1 Å². The molecule has 0 saturated heterocycles. The van der Waals surface area contributed by atoms with E-state index in [4.69, 9.17) is 4.42 Å². The number of nitriles is 1. The molecule has 4 rings (SSSR count). The van der Waals surface area contributed by atoms with Crippen LogP contribution < -0.4 is 0 Å². The van der Waals surface area contributed by atoms with Gasteiger partial charge in [-0.25, -0.2) is 0 Å². The fourth-order valence-corrected chi connectivity index (χ4v) is 5.09. The first-order chi connectivity index (χ1) is 15.5. The highest BCUT2D eigenvalue weighted by Crippen LogP contribution is 2.33. The fourth-order valence-electron chi connectivity index (χ4n) is 4.24. The fraction of sp³-hybridized carbons (Fsp3) is 0.417. The normalized spacial score (nSPS) is 15.3. The lowest BCUT2D eigenvalue weighted by Crippen LogP contribution is -2.50. The number of carbonyl (C=O) groups is 1. The Kier molecular flexibility index (Phi) is 6.66. The predicted molar refractivity (Wildman–Crippen MR) is 123 cm³/mol. The van der Waals surface area contributed by atoms with Crippen LogP contribution in [0.25, 0.3) is 11.4 Å². The molecule has 3 aromatic rings. The average Bonchev–Trinajstić information content (AvgIpc) is 3.43. The van der Waals surface area contributed by atoms with Crippen LogP contribution in [0.1, 0.15) is 43.4 Å². The third kappa shape index (κ3) is 4.44. The smallest absolute Gasteiger partial charge is 0.234 e. The van der Waals surface area contributed by atoms with Gasteiger partial charge >= 0.3 is 0 Å². The Bertz CT molecular complexity index is 1110. The van der Waals surface area contributed by atoms with Crippen molar-refractivity contribution in [3.8, 4) is 17.5 Å². The molecule has 1 saturated carbocycles.